The Morgan fingerprint density at radius 2 is 2.09 bits per heavy atom. The molecule has 6 heteroatoms. The van der Waals surface area contributed by atoms with E-state index in [1.54, 1.807) is 0 Å². The van der Waals surface area contributed by atoms with Gasteiger partial charge in [0.2, 0.25) is 17.7 Å². The van der Waals surface area contributed by atoms with Gasteiger partial charge in [0.25, 0.3) is 0 Å². The fourth-order valence-electron chi connectivity index (χ4n) is 2.47. The molecule has 1 fully saturated rings. The normalized spacial score (nSPS) is 18.6. The highest BCUT2D eigenvalue weighted by molar-refractivity contribution is 5.93. The second-order valence-corrected chi connectivity index (χ2v) is 5.75. The molecule has 0 bridgehead atoms. The van der Waals surface area contributed by atoms with Gasteiger partial charge in [0.15, 0.2) is 0 Å². The number of hydrogen-bond acceptors (Lipinski definition) is 3. The summed E-state index contributed by atoms with van der Waals surface area (Å²) in [6.45, 7) is 4.00. The van der Waals surface area contributed by atoms with E-state index in [0.717, 1.165) is 16.7 Å². The smallest absolute Gasteiger partial charge is 0.243 e. The number of aryl methyl sites for hydroxylation is 2. The van der Waals surface area contributed by atoms with Gasteiger partial charge in [0.05, 0.1) is 0 Å². The summed E-state index contributed by atoms with van der Waals surface area (Å²) < 4.78 is 0. The molecule has 1 aliphatic rings. The molecule has 0 saturated carbocycles. The number of benzene rings is 1. The standard InChI is InChI=1S/C16H21N3O3/c1-9-3-4-11(7-10(9)2)8-13(15(17)21)19-16(22)12-5-6-14(20)18-12/h3-4,7,12-13H,5-6,8H2,1-2H3,(H2,17,21)(H,18,20)(H,19,22)/t12-,13+/m0/s1. The first kappa shape index (κ1) is 16.0. The van der Waals surface area contributed by atoms with Crippen molar-refractivity contribution in [2.75, 3.05) is 0 Å². The van der Waals surface area contributed by atoms with Gasteiger partial charge in [-0.05, 0) is 37.0 Å². The quantitative estimate of drug-likeness (QED) is 0.718. The van der Waals surface area contributed by atoms with Crippen LogP contribution in [0.25, 0.3) is 0 Å². The number of nitrogens with one attached hydrogen (secondary N) is 2. The Morgan fingerprint density at radius 1 is 1.36 bits per heavy atom. The molecule has 4 N–H and O–H groups in total. The third-order valence-electron chi connectivity index (χ3n) is 3.98. The molecule has 0 spiro atoms. The van der Waals surface area contributed by atoms with Gasteiger partial charge in [-0.15, -0.1) is 0 Å². The number of primary amides is 1. The number of carbonyl (C=O) groups excluding carboxylic acids is 3. The Labute approximate surface area is 129 Å². The van der Waals surface area contributed by atoms with E-state index in [0.29, 0.717) is 19.3 Å². The molecule has 2 rings (SSSR count). The van der Waals surface area contributed by atoms with Crippen LogP contribution in [-0.4, -0.2) is 29.8 Å². The zero-order valence-corrected chi connectivity index (χ0v) is 12.8. The molecular weight excluding hydrogens is 282 g/mol. The molecule has 22 heavy (non-hydrogen) atoms. The average Bonchev–Trinajstić information content (AvgIpc) is 2.88. The molecule has 1 aromatic rings. The molecule has 0 aliphatic carbocycles. The van der Waals surface area contributed by atoms with Gasteiger partial charge < -0.3 is 16.4 Å². The molecule has 3 amide bonds. The van der Waals surface area contributed by atoms with E-state index >= 15 is 0 Å². The van der Waals surface area contributed by atoms with Crippen LogP contribution >= 0.6 is 0 Å². The number of rotatable bonds is 5. The van der Waals surface area contributed by atoms with E-state index in [1.807, 2.05) is 32.0 Å². The highest BCUT2D eigenvalue weighted by Gasteiger charge is 2.29. The Balaban J connectivity index is 2.03. The molecule has 1 aliphatic heterocycles. The first-order chi connectivity index (χ1) is 10.4. The highest BCUT2D eigenvalue weighted by Crippen LogP contribution is 2.12. The Hall–Kier alpha value is -2.37. The van der Waals surface area contributed by atoms with E-state index in [9.17, 15) is 14.4 Å². The largest absolute Gasteiger partial charge is 0.368 e. The topological polar surface area (TPSA) is 101 Å². The van der Waals surface area contributed by atoms with Crippen molar-refractivity contribution in [2.24, 2.45) is 5.73 Å². The molecule has 0 radical (unpaired) electrons. The van der Waals surface area contributed by atoms with Crippen LogP contribution in [0.4, 0.5) is 0 Å². The van der Waals surface area contributed by atoms with Crippen molar-refractivity contribution in [3.8, 4) is 0 Å². The first-order valence-corrected chi connectivity index (χ1v) is 7.32. The molecule has 0 aromatic heterocycles. The highest BCUT2D eigenvalue weighted by atomic mass is 16.2. The monoisotopic (exact) mass is 303 g/mol. The van der Waals surface area contributed by atoms with Crippen LogP contribution in [0.2, 0.25) is 0 Å². The second-order valence-electron chi connectivity index (χ2n) is 5.75. The summed E-state index contributed by atoms with van der Waals surface area (Å²) in [4.78, 5) is 34.8. The van der Waals surface area contributed by atoms with Gasteiger partial charge in [-0.25, -0.2) is 0 Å². The minimum atomic E-state index is -0.785. The molecule has 1 heterocycles. The predicted molar refractivity (Wildman–Crippen MR) is 81.9 cm³/mol. The lowest BCUT2D eigenvalue weighted by Gasteiger charge is -2.18. The number of hydrogen-bond donors (Lipinski definition) is 3. The third-order valence-corrected chi connectivity index (χ3v) is 3.98. The van der Waals surface area contributed by atoms with Gasteiger partial charge >= 0.3 is 0 Å². The molecule has 118 valence electrons. The van der Waals surface area contributed by atoms with E-state index in [1.165, 1.54) is 0 Å². The Kier molecular flexibility index (Phi) is 4.80. The lowest BCUT2D eigenvalue weighted by atomic mass is 10.0. The summed E-state index contributed by atoms with van der Waals surface area (Å²) in [5.74, 6) is -1.10. The van der Waals surface area contributed by atoms with Crippen molar-refractivity contribution < 1.29 is 14.4 Å². The summed E-state index contributed by atoms with van der Waals surface area (Å²) in [6, 6.07) is 4.51. The van der Waals surface area contributed by atoms with Crippen LogP contribution in [0.3, 0.4) is 0 Å². The van der Waals surface area contributed by atoms with Crippen molar-refractivity contribution in [3.63, 3.8) is 0 Å². The van der Waals surface area contributed by atoms with Crippen molar-refractivity contribution in [2.45, 2.75) is 45.2 Å². The van der Waals surface area contributed by atoms with E-state index in [-0.39, 0.29) is 11.8 Å². The van der Waals surface area contributed by atoms with Crippen molar-refractivity contribution >= 4 is 17.7 Å². The summed E-state index contributed by atoms with van der Waals surface area (Å²) in [5, 5.41) is 5.21. The molecular formula is C16H21N3O3. The lowest BCUT2D eigenvalue weighted by Crippen LogP contribution is -2.51. The zero-order chi connectivity index (χ0) is 16.3. The number of amides is 3. The SMILES string of the molecule is Cc1ccc(C[C@@H](NC(=O)[C@@H]2CCC(=O)N2)C(N)=O)cc1C. The number of carbonyl (C=O) groups is 3. The predicted octanol–water partition coefficient (Wildman–Crippen LogP) is 0.0946. The van der Waals surface area contributed by atoms with Gasteiger partial charge in [0, 0.05) is 12.8 Å². The Bertz CT molecular complexity index is 613. The fraction of sp³-hybridized carbons (Fsp3) is 0.438. The van der Waals surface area contributed by atoms with Crippen molar-refractivity contribution in [1.82, 2.24) is 10.6 Å². The third kappa shape index (κ3) is 3.84. The van der Waals surface area contributed by atoms with Crippen LogP contribution in [-0.2, 0) is 20.8 Å². The second kappa shape index (κ2) is 6.60. The lowest BCUT2D eigenvalue weighted by molar-refractivity contribution is -0.129. The van der Waals surface area contributed by atoms with Gasteiger partial charge in [-0.3, -0.25) is 14.4 Å². The van der Waals surface area contributed by atoms with Gasteiger partial charge in [-0.2, -0.15) is 0 Å². The molecule has 0 unspecified atom stereocenters. The van der Waals surface area contributed by atoms with E-state index in [2.05, 4.69) is 10.6 Å². The maximum atomic E-state index is 12.1. The summed E-state index contributed by atoms with van der Waals surface area (Å²) >= 11 is 0. The van der Waals surface area contributed by atoms with Crippen LogP contribution in [0.1, 0.15) is 29.5 Å². The van der Waals surface area contributed by atoms with Crippen molar-refractivity contribution in [1.29, 1.82) is 0 Å². The molecule has 1 aromatic carbocycles. The van der Waals surface area contributed by atoms with E-state index in [4.69, 9.17) is 5.73 Å². The van der Waals surface area contributed by atoms with E-state index < -0.39 is 18.0 Å². The maximum absolute atomic E-state index is 12.1. The van der Waals surface area contributed by atoms with Gasteiger partial charge in [0.1, 0.15) is 12.1 Å². The van der Waals surface area contributed by atoms with Crippen LogP contribution in [0.15, 0.2) is 18.2 Å². The van der Waals surface area contributed by atoms with Gasteiger partial charge in [-0.1, -0.05) is 18.2 Å². The molecule has 2 atom stereocenters. The summed E-state index contributed by atoms with van der Waals surface area (Å²) in [7, 11) is 0. The molecule has 6 nitrogen and oxygen atoms in total. The first-order valence-electron chi connectivity index (χ1n) is 7.32. The minimum Gasteiger partial charge on any atom is -0.368 e. The summed E-state index contributed by atoms with van der Waals surface area (Å²) in [6.07, 6.45) is 1.11. The molecule has 1 saturated heterocycles. The maximum Gasteiger partial charge on any atom is 0.243 e. The average molecular weight is 303 g/mol. The summed E-state index contributed by atoms with van der Waals surface area (Å²) in [5.41, 5.74) is 8.60. The minimum absolute atomic E-state index is 0.148. The van der Waals surface area contributed by atoms with Crippen LogP contribution in [0, 0.1) is 13.8 Å². The van der Waals surface area contributed by atoms with Crippen molar-refractivity contribution in [3.05, 3.63) is 34.9 Å². The van der Waals surface area contributed by atoms with Crippen LogP contribution < -0.4 is 16.4 Å². The Morgan fingerprint density at radius 3 is 2.64 bits per heavy atom. The number of nitrogens with two attached hydrogens (primary N) is 1. The zero-order valence-electron chi connectivity index (χ0n) is 12.8. The van der Waals surface area contributed by atoms with Crippen LogP contribution in [0.5, 0.6) is 0 Å². The fourth-order valence-corrected chi connectivity index (χ4v) is 2.47.